The van der Waals surface area contributed by atoms with Crippen molar-refractivity contribution >= 4 is 16.9 Å². The summed E-state index contributed by atoms with van der Waals surface area (Å²) in [6.45, 7) is 2.68. The predicted octanol–water partition coefficient (Wildman–Crippen LogP) is 2.94. The number of benzene rings is 1. The van der Waals surface area contributed by atoms with E-state index in [1.165, 1.54) is 6.92 Å². The number of hydrogen-bond donors (Lipinski definition) is 2. The van der Waals surface area contributed by atoms with Gasteiger partial charge in [0.2, 0.25) is 5.91 Å². The molecule has 1 amide bonds. The standard InChI is InChI=1S/C17H19F2N5O/c1-9-4-5-13-14(6-9)22-15(21-13)8-20-16(25)7-12-10(2)23-24(11(12)3)17(18)19/h4-6,17H,7-8H2,1-3H3,(H,20,25)(H,21,22). The van der Waals surface area contributed by atoms with Gasteiger partial charge in [-0.3, -0.25) is 4.79 Å². The second-order valence-electron chi connectivity index (χ2n) is 6.03. The molecule has 2 heterocycles. The van der Waals surface area contributed by atoms with Gasteiger partial charge in [0.1, 0.15) is 5.82 Å². The van der Waals surface area contributed by atoms with Crippen LogP contribution in [0.15, 0.2) is 18.2 Å². The SMILES string of the molecule is Cc1ccc2nc(CNC(=O)Cc3c(C)nn(C(F)F)c3C)[nH]c2c1. The number of aromatic nitrogens is 4. The van der Waals surface area contributed by atoms with Crippen molar-refractivity contribution in [3.63, 3.8) is 0 Å². The van der Waals surface area contributed by atoms with Crippen LogP contribution in [-0.4, -0.2) is 25.7 Å². The normalized spacial score (nSPS) is 11.4. The summed E-state index contributed by atoms with van der Waals surface area (Å²) in [7, 11) is 0. The van der Waals surface area contributed by atoms with Gasteiger partial charge in [-0.15, -0.1) is 0 Å². The molecule has 0 radical (unpaired) electrons. The van der Waals surface area contributed by atoms with E-state index in [1.807, 2.05) is 25.1 Å². The number of amides is 1. The second kappa shape index (κ2) is 6.62. The molecule has 0 atom stereocenters. The summed E-state index contributed by atoms with van der Waals surface area (Å²) < 4.78 is 26.3. The van der Waals surface area contributed by atoms with Crippen molar-refractivity contribution in [2.75, 3.05) is 0 Å². The number of aromatic amines is 1. The summed E-state index contributed by atoms with van der Waals surface area (Å²) in [6.07, 6.45) is 0.00369. The maximum Gasteiger partial charge on any atom is 0.333 e. The number of fused-ring (bicyclic) bond motifs is 1. The minimum absolute atomic E-state index is 0.00369. The summed E-state index contributed by atoms with van der Waals surface area (Å²) in [5.74, 6) is 0.377. The third kappa shape index (κ3) is 3.52. The van der Waals surface area contributed by atoms with Crippen LogP contribution in [0.4, 0.5) is 8.78 Å². The molecular formula is C17H19F2N5O. The molecule has 3 aromatic rings. The van der Waals surface area contributed by atoms with Crippen molar-refractivity contribution in [3.05, 3.63) is 46.5 Å². The molecule has 1 aromatic carbocycles. The van der Waals surface area contributed by atoms with Crippen LogP contribution in [-0.2, 0) is 17.8 Å². The highest BCUT2D eigenvalue weighted by Gasteiger charge is 2.19. The van der Waals surface area contributed by atoms with E-state index in [-0.39, 0.29) is 18.9 Å². The summed E-state index contributed by atoms with van der Waals surface area (Å²) >= 11 is 0. The molecule has 25 heavy (non-hydrogen) atoms. The van der Waals surface area contributed by atoms with E-state index in [0.717, 1.165) is 16.6 Å². The first kappa shape index (κ1) is 17.1. The third-order valence-corrected chi connectivity index (χ3v) is 4.14. The maximum atomic E-state index is 12.8. The van der Waals surface area contributed by atoms with Gasteiger partial charge in [-0.1, -0.05) is 6.07 Å². The average Bonchev–Trinajstić information content (AvgIpc) is 3.07. The van der Waals surface area contributed by atoms with Crippen molar-refractivity contribution in [3.8, 4) is 0 Å². The number of nitrogens with one attached hydrogen (secondary N) is 2. The van der Waals surface area contributed by atoms with E-state index in [1.54, 1.807) is 6.92 Å². The van der Waals surface area contributed by atoms with Crippen LogP contribution in [0.2, 0.25) is 0 Å². The topological polar surface area (TPSA) is 75.6 Å². The van der Waals surface area contributed by atoms with Crippen LogP contribution < -0.4 is 5.32 Å². The van der Waals surface area contributed by atoms with Crippen molar-refractivity contribution < 1.29 is 13.6 Å². The monoisotopic (exact) mass is 347 g/mol. The Labute approximate surface area is 143 Å². The zero-order valence-electron chi connectivity index (χ0n) is 14.2. The van der Waals surface area contributed by atoms with Gasteiger partial charge >= 0.3 is 6.55 Å². The Hall–Kier alpha value is -2.77. The van der Waals surface area contributed by atoms with Gasteiger partial charge in [-0.05, 0) is 38.5 Å². The van der Waals surface area contributed by atoms with E-state index < -0.39 is 6.55 Å². The summed E-state index contributed by atoms with van der Waals surface area (Å²) in [5, 5.41) is 6.54. The highest BCUT2D eigenvalue weighted by Crippen LogP contribution is 2.19. The predicted molar refractivity (Wildman–Crippen MR) is 89.3 cm³/mol. The minimum atomic E-state index is -2.71. The number of carbonyl (C=O) groups excluding carboxylic acids is 1. The molecule has 0 unspecified atom stereocenters. The molecule has 2 aromatic heterocycles. The largest absolute Gasteiger partial charge is 0.349 e. The van der Waals surface area contributed by atoms with Crippen LogP contribution in [0.3, 0.4) is 0 Å². The number of H-pyrrole nitrogens is 1. The molecule has 0 aliphatic heterocycles. The number of hydrogen-bond acceptors (Lipinski definition) is 3. The number of nitrogens with zero attached hydrogens (tertiary/aromatic N) is 3. The number of carbonyl (C=O) groups is 1. The molecule has 0 aliphatic rings. The van der Waals surface area contributed by atoms with Crippen molar-refractivity contribution in [2.45, 2.75) is 40.3 Å². The fourth-order valence-corrected chi connectivity index (χ4v) is 2.81. The van der Waals surface area contributed by atoms with Gasteiger partial charge in [-0.2, -0.15) is 13.9 Å². The van der Waals surface area contributed by atoms with Gasteiger partial charge in [0.25, 0.3) is 0 Å². The molecule has 0 bridgehead atoms. The maximum absolute atomic E-state index is 12.8. The molecule has 3 rings (SSSR count). The molecule has 6 nitrogen and oxygen atoms in total. The highest BCUT2D eigenvalue weighted by atomic mass is 19.3. The van der Waals surface area contributed by atoms with Gasteiger partial charge in [0.05, 0.1) is 29.7 Å². The van der Waals surface area contributed by atoms with Gasteiger partial charge in [-0.25, -0.2) is 9.67 Å². The zero-order chi connectivity index (χ0) is 18.1. The van der Waals surface area contributed by atoms with E-state index in [0.29, 0.717) is 27.5 Å². The molecular weight excluding hydrogens is 328 g/mol. The van der Waals surface area contributed by atoms with Crippen LogP contribution in [0, 0.1) is 20.8 Å². The number of halogens is 2. The lowest BCUT2D eigenvalue weighted by molar-refractivity contribution is -0.120. The Morgan fingerprint density at radius 3 is 2.76 bits per heavy atom. The van der Waals surface area contributed by atoms with Gasteiger partial charge in [0, 0.05) is 11.3 Å². The number of alkyl halides is 2. The molecule has 0 aliphatic carbocycles. The fourth-order valence-electron chi connectivity index (χ4n) is 2.81. The van der Waals surface area contributed by atoms with Crippen LogP contribution in [0.5, 0.6) is 0 Å². The van der Waals surface area contributed by atoms with E-state index >= 15 is 0 Å². The molecule has 0 spiro atoms. The van der Waals surface area contributed by atoms with Crippen LogP contribution in [0.1, 0.15) is 34.9 Å². The minimum Gasteiger partial charge on any atom is -0.349 e. The molecule has 0 saturated carbocycles. The lowest BCUT2D eigenvalue weighted by Gasteiger charge is -2.05. The summed E-state index contributed by atoms with van der Waals surface area (Å²) in [6, 6.07) is 5.87. The molecule has 132 valence electrons. The zero-order valence-corrected chi connectivity index (χ0v) is 14.2. The molecule has 0 fully saturated rings. The molecule has 8 heteroatoms. The van der Waals surface area contributed by atoms with Crippen molar-refractivity contribution in [1.29, 1.82) is 0 Å². The van der Waals surface area contributed by atoms with Crippen molar-refractivity contribution in [2.24, 2.45) is 0 Å². The lowest BCUT2D eigenvalue weighted by atomic mass is 10.1. The Kier molecular flexibility index (Phi) is 4.52. The number of aryl methyl sites for hydroxylation is 2. The summed E-state index contributed by atoms with van der Waals surface area (Å²) in [4.78, 5) is 19.7. The van der Waals surface area contributed by atoms with Crippen LogP contribution in [0.25, 0.3) is 11.0 Å². The average molecular weight is 347 g/mol. The lowest BCUT2D eigenvalue weighted by Crippen LogP contribution is -2.25. The van der Waals surface area contributed by atoms with Gasteiger partial charge < -0.3 is 10.3 Å². The Morgan fingerprint density at radius 1 is 1.32 bits per heavy atom. The summed E-state index contributed by atoms with van der Waals surface area (Å²) in [5.41, 5.74) is 4.13. The quantitative estimate of drug-likeness (QED) is 0.745. The fraction of sp³-hybridized carbons (Fsp3) is 0.353. The first-order valence-electron chi connectivity index (χ1n) is 7.90. The van der Waals surface area contributed by atoms with E-state index in [9.17, 15) is 13.6 Å². The molecule has 2 N–H and O–H groups in total. The smallest absolute Gasteiger partial charge is 0.333 e. The van der Waals surface area contributed by atoms with Crippen LogP contribution >= 0.6 is 0 Å². The Morgan fingerprint density at radius 2 is 2.08 bits per heavy atom. The van der Waals surface area contributed by atoms with Crippen molar-refractivity contribution in [1.82, 2.24) is 25.1 Å². The Balaban J connectivity index is 1.66. The number of rotatable bonds is 5. The van der Waals surface area contributed by atoms with Gasteiger partial charge in [0.15, 0.2) is 0 Å². The first-order chi connectivity index (χ1) is 11.8. The Bertz CT molecular complexity index is 929. The number of imidazole rings is 1. The highest BCUT2D eigenvalue weighted by molar-refractivity contribution is 5.79. The first-order valence-corrected chi connectivity index (χ1v) is 7.90. The third-order valence-electron chi connectivity index (χ3n) is 4.14. The van der Waals surface area contributed by atoms with E-state index in [2.05, 4.69) is 20.4 Å². The van der Waals surface area contributed by atoms with E-state index in [4.69, 9.17) is 0 Å². The molecule has 0 saturated heterocycles. The second-order valence-corrected chi connectivity index (χ2v) is 6.03.